The highest BCUT2D eigenvalue weighted by Gasteiger charge is 2.37. The average molecular weight is 636 g/mol. The zero-order valence-electron chi connectivity index (χ0n) is 25.3. The van der Waals surface area contributed by atoms with Gasteiger partial charge in [0.25, 0.3) is 5.69 Å². The molecule has 0 aliphatic carbocycles. The molecule has 0 saturated heterocycles. The summed E-state index contributed by atoms with van der Waals surface area (Å²) >= 11 is 0. The van der Waals surface area contributed by atoms with E-state index < -0.39 is 34.9 Å². The van der Waals surface area contributed by atoms with Gasteiger partial charge in [-0.15, -0.1) is 0 Å². The van der Waals surface area contributed by atoms with Gasteiger partial charge < -0.3 is 21.3 Å². The van der Waals surface area contributed by atoms with Crippen LogP contribution in [0.2, 0.25) is 0 Å². The number of nitrogens with two attached hydrogens (primary N) is 2. The molecule has 1 heterocycles. The molecule has 1 aromatic carbocycles. The summed E-state index contributed by atoms with van der Waals surface area (Å²) in [5.41, 5.74) is 7.12. The van der Waals surface area contributed by atoms with E-state index in [1.165, 1.54) is 20.2 Å². The van der Waals surface area contributed by atoms with Crippen molar-refractivity contribution in [1.82, 2.24) is 9.88 Å². The molecule has 2 aromatic rings. The molecule has 0 saturated carbocycles. The Labute approximate surface area is 252 Å². The van der Waals surface area contributed by atoms with Gasteiger partial charge in [0.15, 0.2) is 0 Å². The van der Waals surface area contributed by atoms with Gasteiger partial charge in [0.05, 0.1) is 29.6 Å². The lowest BCUT2D eigenvalue weighted by atomic mass is 10.00. The van der Waals surface area contributed by atoms with E-state index in [-0.39, 0.29) is 35.4 Å². The molecule has 0 aliphatic rings. The van der Waals surface area contributed by atoms with Crippen LogP contribution in [0.25, 0.3) is 0 Å². The SMILES string of the molecule is CCCC(CC)CN(CC)c1ncc([N+](=O)[O-])cc1CN(Cc1cc(C(F)(F)F)cc(C(F)(F)F)c1)/C(N)=N/N=NC.CN. The van der Waals surface area contributed by atoms with Crippen molar-refractivity contribution in [3.63, 3.8) is 0 Å². The molecule has 0 aliphatic heterocycles. The number of alkyl halides is 6. The summed E-state index contributed by atoms with van der Waals surface area (Å²) in [4.78, 5) is 18.3. The van der Waals surface area contributed by atoms with Crippen LogP contribution in [0.5, 0.6) is 0 Å². The second-order valence-electron chi connectivity index (χ2n) is 9.55. The van der Waals surface area contributed by atoms with Gasteiger partial charge in [-0.3, -0.25) is 10.1 Å². The molecule has 1 unspecified atom stereocenters. The summed E-state index contributed by atoms with van der Waals surface area (Å²) in [6.45, 7) is 6.18. The first kappa shape index (κ1) is 38.0. The number of anilines is 1. The number of benzene rings is 1. The molecule has 11 nitrogen and oxygen atoms in total. The minimum absolute atomic E-state index is 0.0265. The van der Waals surface area contributed by atoms with Gasteiger partial charge in [-0.05, 0) is 55.3 Å². The van der Waals surface area contributed by atoms with Crippen molar-refractivity contribution in [2.45, 2.75) is 65.5 Å². The van der Waals surface area contributed by atoms with Crippen LogP contribution in [-0.4, -0.2) is 48.0 Å². The standard InChI is InChI=1S/C26H34F6N8O2.CH5N/c1-5-8-17(6-2)14-38(7-3)23-19(11-22(13-35-23)40(41)42)16-39(24(33)36-37-34-4)15-18-9-20(25(27,28)29)12-21(10-18)26(30,31)32;1-2/h9-13,17H,5-8,14-16H2,1-4H3,(H2,33,34,36);2H2,1H3. The van der Waals surface area contributed by atoms with E-state index in [4.69, 9.17) is 5.73 Å². The zero-order chi connectivity index (χ0) is 33.7. The Morgan fingerprint density at radius 2 is 1.61 bits per heavy atom. The maximum absolute atomic E-state index is 13.5. The van der Waals surface area contributed by atoms with E-state index in [0.29, 0.717) is 37.0 Å². The first-order valence-corrected chi connectivity index (χ1v) is 13.8. The molecule has 4 N–H and O–H groups in total. The lowest BCUT2D eigenvalue weighted by molar-refractivity contribution is -0.385. The number of nitrogens with zero attached hydrogens (tertiary/aromatic N) is 7. The van der Waals surface area contributed by atoms with Crippen LogP contribution >= 0.6 is 0 Å². The number of aromatic nitrogens is 1. The summed E-state index contributed by atoms with van der Waals surface area (Å²) in [5, 5.41) is 22.1. The summed E-state index contributed by atoms with van der Waals surface area (Å²) in [6, 6.07) is 2.44. The molecule has 0 spiro atoms. The van der Waals surface area contributed by atoms with Crippen LogP contribution in [0.4, 0.5) is 37.8 Å². The summed E-state index contributed by atoms with van der Waals surface area (Å²) in [7, 11) is 2.78. The number of nitro groups is 1. The highest BCUT2D eigenvalue weighted by atomic mass is 19.4. The van der Waals surface area contributed by atoms with Gasteiger partial charge in [0.2, 0.25) is 5.96 Å². The van der Waals surface area contributed by atoms with Gasteiger partial charge in [-0.25, -0.2) is 4.98 Å². The highest BCUT2D eigenvalue weighted by Crippen LogP contribution is 2.37. The largest absolute Gasteiger partial charge is 0.416 e. The highest BCUT2D eigenvalue weighted by molar-refractivity contribution is 5.78. The third-order valence-corrected chi connectivity index (χ3v) is 6.52. The number of hydrogen-bond acceptors (Lipinski definition) is 7. The maximum Gasteiger partial charge on any atom is 0.416 e. The molecular weight excluding hydrogens is 596 g/mol. The van der Waals surface area contributed by atoms with Crippen LogP contribution < -0.4 is 16.4 Å². The predicted octanol–water partition coefficient (Wildman–Crippen LogP) is 6.57. The molecule has 2 rings (SSSR count). The van der Waals surface area contributed by atoms with Crippen LogP contribution in [0, 0.1) is 16.0 Å². The predicted molar refractivity (Wildman–Crippen MR) is 156 cm³/mol. The van der Waals surface area contributed by atoms with Crippen molar-refractivity contribution < 1.29 is 31.3 Å². The molecule has 246 valence electrons. The van der Waals surface area contributed by atoms with Gasteiger partial charge in [-0.2, -0.15) is 31.5 Å². The minimum Gasteiger partial charge on any atom is -0.368 e. The molecule has 0 radical (unpaired) electrons. The van der Waals surface area contributed by atoms with E-state index in [1.54, 1.807) is 0 Å². The summed E-state index contributed by atoms with van der Waals surface area (Å²) < 4.78 is 81.0. The van der Waals surface area contributed by atoms with Crippen molar-refractivity contribution in [2.24, 2.45) is 32.8 Å². The average Bonchev–Trinajstić information content (AvgIpc) is 2.97. The Balaban J connectivity index is 0.00000474. The van der Waals surface area contributed by atoms with Gasteiger partial charge in [-0.1, -0.05) is 31.8 Å². The fourth-order valence-corrected chi connectivity index (χ4v) is 4.41. The molecule has 17 heteroatoms. The Hall–Kier alpha value is -4.02. The van der Waals surface area contributed by atoms with Crippen molar-refractivity contribution in [3.8, 4) is 0 Å². The van der Waals surface area contributed by atoms with Crippen LogP contribution in [0.15, 0.2) is 45.9 Å². The third-order valence-electron chi connectivity index (χ3n) is 6.52. The second-order valence-corrected chi connectivity index (χ2v) is 9.55. The van der Waals surface area contributed by atoms with Crippen LogP contribution in [0.3, 0.4) is 0 Å². The van der Waals surface area contributed by atoms with E-state index >= 15 is 0 Å². The third kappa shape index (κ3) is 11.2. The molecule has 1 atom stereocenters. The van der Waals surface area contributed by atoms with Crippen molar-refractivity contribution in [2.75, 3.05) is 32.1 Å². The van der Waals surface area contributed by atoms with E-state index in [1.807, 2.05) is 18.7 Å². The monoisotopic (exact) mass is 635 g/mol. The molecule has 0 bridgehead atoms. The molecule has 44 heavy (non-hydrogen) atoms. The lowest BCUT2D eigenvalue weighted by Gasteiger charge is -2.30. The Morgan fingerprint density at radius 1 is 1.02 bits per heavy atom. The lowest BCUT2D eigenvalue weighted by Crippen LogP contribution is -2.37. The Kier molecular flexibility index (Phi) is 15.0. The molecule has 0 fully saturated rings. The van der Waals surface area contributed by atoms with Gasteiger partial charge in [0, 0.05) is 31.3 Å². The molecular formula is C27H39F6N9O2. The molecule has 1 aromatic heterocycles. The Bertz CT molecular complexity index is 1240. The summed E-state index contributed by atoms with van der Waals surface area (Å²) in [5.74, 6) is 0.274. The first-order valence-electron chi connectivity index (χ1n) is 13.8. The van der Waals surface area contributed by atoms with Crippen LogP contribution in [0.1, 0.15) is 62.3 Å². The van der Waals surface area contributed by atoms with Crippen molar-refractivity contribution >= 4 is 17.5 Å². The number of pyridine rings is 1. The maximum atomic E-state index is 13.5. The normalized spacial score (nSPS) is 13.0. The first-order chi connectivity index (χ1) is 20.6. The van der Waals surface area contributed by atoms with Crippen LogP contribution in [-0.2, 0) is 25.4 Å². The smallest absolute Gasteiger partial charge is 0.368 e. The zero-order valence-corrected chi connectivity index (χ0v) is 25.3. The number of guanidine groups is 1. The quantitative estimate of drug-likeness (QED) is 0.0631. The molecule has 0 amide bonds. The fraction of sp³-hybridized carbons (Fsp3) is 0.556. The van der Waals surface area contributed by atoms with Gasteiger partial charge >= 0.3 is 12.4 Å². The minimum atomic E-state index is -5.05. The Morgan fingerprint density at radius 3 is 2.07 bits per heavy atom. The van der Waals surface area contributed by atoms with Crippen molar-refractivity contribution in [3.05, 3.63) is 62.8 Å². The van der Waals surface area contributed by atoms with E-state index in [0.717, 1.165) is 30.4 Å². The number of halogens is 6. The van der Waals surface area contributed by atoms with E-state index in [2.05, 4.69) is 33.1 Å². The second kappa shape index (κ2) is 17.3. The number of rotatable bonds is 13. The fourth-order valence-electron chi connectivity index (χ4n) is 4.41. The van der Waals surface area contributed by atoms with Crippen molar-refractivity contribution in [1.29, 1.82) is 0 Å². The summed E-state index contributed by atoms with van der Waals surface area (Å²) in [6.07, 6.45) is -6.26. The topological polar surface area (TPSA) is 152 Å². The number of hydrogen-bond donors (Lipinski definition) is 2. The van der Waals surface area contributed by atoms with E-state index in [9.17, 15) is 36.5 Å². The van der Waals surface area contributed by atoms with Gasteiger partial charge in [0.1, 0.15) is 12.0 Å².